The average molecular weight is 495 g/mol. The highest BCUT2D eigenvalue weighted by Gasteiger charge is 2.19. The Morgan fingerprint density at radius 1 is 1.03 bits per heavy atom. The van der Waals surface area contributed by atoms with E-state index in [1.807, 2.05) is 12.1 Å². The average Bonchev–Trinajstić information content (AvgIpc) is 2.82. The van der Waals surface area contributed by atoms with Crippen molar-refractivity contribution in [1.82, 2.24) is 15.3 Å². The normalized spacial score (nSPS) is 10.8. The Hall–Kier alpha value is -4.74. The molecule has 1 heterocycles. The number of hydrogen-bond acceptors (Lipinski definition) is 9. The molecule has 0 aliphatic carbocycles. The molecule has 0 radical (unpaired) electrons. The number of carbonyl (C=O) groups excluding carboxylic acids is 2. The maximum absolute atomic E-state index is 12.6. The quantitative estimate of drug-likeness (QED) is 0.304. The number of hydrogen-bond donors (Lipinski definition) is 3. The molecule has 2 amide bonds. The van der Waals surface area contributed by atoms with Crippen LogP contribution in [-0.4, -0.2) is 39.6 Å². The minimum absolute atomic E-state index is 0.105. The molecular weight excluding hydrogens is 468 g/mol. The summed E-state index contributed by atoms with van der Waals surface area (Å²) in [6, 6.07) is 12.6. The fraction of sp³-hybridized carbons (Fsp3) is 0.250. The van der Waals surface area contributed by atoms with Gasteiger partial charge in [0.05, 0.1) is 12.0 Å². The van der Waals surface area contributed by atoms with Gasteiger partial charge < -0.3 is 20.1 Å². The lowest BCUT2D eigenvalue weighted by atomic mass is 10.1. The Morgan fingerprint density at radius 3 is 2.36 bits per heavy atom. The zero-order chi connectivity index (χ0) is 26.3. The first kappa shape index (κ1) is 25.9. The van der Waals surface area contributed by atoms with Crippen LogP contribution in [-0.2, 0) is 11.3 Å². The maximum Gasteiger partial charge on any atom is 0.413 e. The fourth-order valence-corrected chi connectivity index (χ4v) is 3.00. The molecule has 0 saturated carbocycles. The Bertz CT molecular complexity index is 1260. The van der Waals surface area contributed by atoms with Gasteiger partial charge in [0, 0.05) is 24.2 Å². The topological polar surface area (TPSA) is 158 Å². The summed E-state index contributed by atoms with van der Waals surface area (Å²) in [4.78, 5) is 43.6. The fourth-order valence-electron chi connectivity index (χ4n) is 3.00. The molecule has 0 unspecified atom stereocenters. The van der Waals surface area contributed by atoms with E-state index in [1.165, 1.54) is 30.6 Å². The van der Waals surface area contributed by atoms with Gasteiger partial charge in [0.2, 0.25) is 0 Å². The van der Waals surface area contributed by atoms with Crippen molar-refractivity contribution >= 4 is 35.0 Å². The number of benzene rings is 2. The molecule has 3 N–H and O–H groups in total. The Labute approximate surface area is 207 Å². The van der Waals surface area contributed by atoms with Crippen LogP contribution in [0.5, 0.6) is 5.75 Å². The SMILES string of the molecule is COc1ccc(CNC(=O)c2ccc(Nc3cc(NC(=O)OC(C)(C)C)ncn3)c([N+](=O)[O-])c2)cc1. The highest BCUT2D eigenvalue weighted by molar-refractivity contribution is 5.96. The number of nitro benzene ring substituents is 1. The van der Waals surface area contributed by atoms with Gasteiger partial charge in [-0.1, -0.05) is 12.1 Å². The molecule has 2 aromatic carbocycles. The third-order valence-electron chi connectivity index (χ3n) is 4.63. The molecular formula is C24H26N6O6. The maximum atomic E-state index is 12.6. The molecule has 0 spiro atoms. The second kappa shape index (κ2) is 11.1. The van der Waals surface area contributed by atoms with Crippen LogP contribution < -0.4 is 20.7 Å². The third-order valence-corrected chi connectivity index (χ3v) is 4.63. The van der Waals surface area contributed by atoms with E-state index >= 15 is 0 Å². The minimum Gasteiger partial charge on any atom is -0.497 e. The molecule has 3 rings (SSSR count). The number of nitrogens with zero attached hydrogens (tertiary/aromatic N) is 3. The van der Waals surface area contributed by atoms with Gasteiger partial charge >= 0.3 is 6.09 Å². The van der Waals surface area contributed by atoms with E-state index in [1.54, 1.807) is 40.0 Å². The van der Waals surface area contributed by atoms with E-state index in [-0.39, 0.29) is 35.1 Å². The van der Waals surface area contributed by atoms with Crippen LogP contribution in [0.15, 0.2) is 54.9 Å². The molecule has 0 atom stereocenters. The zero-order valence-corrected chi connectivity index (χ0v) is 20.2. The Morgan fingerprint density at radius 2 is 1.72 bits per heavy atom. The summed E-state index contributed by atoms with van der Waals surface area (Å²) < 4.78 is 10.3. The lowest BCUT2D eigenvalue weighted by Crippen LogP contribution is -2.27. The molecule has 188 valence electrons. The van der Waals surface area contributed by atoms with Gasteiger partial charge in [-0.2, -0.15) is 0 Å². The molecule has 12 nitrogen and oxygen atoms in total. The number of ether oxygens (including phenoxy) is 2. The number of carbonyl (C=O) groups is 2. The van der Waals surface area contributed by atoms with Gasteiger partial charge in [0.15, 0.2) is 0 Å². The van der Waals surface area contributed by atoms with Crippen LogP contribution in [0, 0.1) is 10.1 Å². The van der Waals surface area contributed by atoms with Gasteiger partial charge in [-0.25, -0.2) is 14.8 Å². The van der Waals surface area contributed by atoms with Crippen molar-refractivity contribution in [3.8, 4) is 5.75 Å². The van der Waals surface area contributed by atoms with E-state index in [0.717, 1.165) is 5.56 Å². The van der Waals surface area contributed by atoms with Gasteiger partial charge in [-0.3, -0.25) is 20.2 Å². The number of aromatic nitrogens is 2. The molecule has 0 aliphatic rings. The van der Waals surface area contributed by atoms with Crippen LogP contribution in [0.25, 0.3) is 0 Å². The second-order valence-electron chi connectivity index (χ2n) is 8.56. The highest BCUT2D eigenvalue weighted by Crippen LogP contribution is 2.28. The van der Waals surface area contributed by atoms with E-state index in [2.05, 4.69) is 25.9 Å². The van der Waals surface area contributed by atoms with E-state index in [0.29, 0.717) is 5.75 Å². The van der Waals surface area contributed by atoms with E-state index in [9.17, 15) is 19.7 Å². The Balaban J connectivity index is 1.71. The summed E-state index contributed by atoms with van der Waals surface area (Å²) in [5.74, 6) is 0.557. The number of rotatable bonds is 8. The molecule has 0 fully saturated rings. The minimum atomic E-state index is -0.705. The van der Waals surface area contributed by atoms with Crippen molar-refractivity contribution in [1.29, 1.82) is 0 Å². The molecule has 0 saturated heterocycles. The van der Waals surface area contributed by atoms with Gasteiger partial charge in [-0.05, 0) is 50.6 Å². The zero-order valence-electron chi connectivity index (χ0n) is 20.2. The predicted octanol–water partition coefficient (Wildman–Crippen LogP) is 4.41. The summed E-state index contributed by atoms with van der Waals surface area (Å²) in [5.41, 5.74) is 0.0507. The van der Waals surface area contributed by atoms with Crippen LogP contribution in [0.4, 0.5) is 27.8 Å². The Kier molecular flexibility index (Phi) is 8.00. The van der Waals surface area contributed by atoms with Crippen molar-refractivity contribution in [3.05, 3.63) is 76.1 Å². The summed E-state index contributed by atoms with van der Waals surface area (Å²) in [7, 11) is 1.56. The molecule has 0 bridgehead atoms. The molecule has 1 aromatic heterocycles. The number of nitrogens with one attached hydrogen (secondary N) is 3. The van der Waals surface area contributed by atoms with Crippen LogP contribution >= 0.6 is 0 Å². The van der Waals surface area contributed by atoms with Gasteiger partial charge in [0.25, 0.3) is 11.6 Å². The molecule has 36 heavy (non-hydrogen) atoms. The lowest BCUT2D eigenvalue weighted by molar-refractivity contribution is -0.383. The lowest BCUT2D eigenvalue weighted by Gasteiger charge is -2.19. The first-order chi connectivity index (χ1) is 17.0. The molecule has 0 aliphatic heterocycles. The number of amides is 2. The summed E-state index contributed by atoms with van der Waals surface area (Å²) in [5, 5.41) is 19.7. The standard InChI is InChI=1S/C24H26N6O6/c1-24(2,3)36-23(32)29-21-12-20(26-14-27-21)28-18-10-7-16(11-19(18)30(33)34)22(31)25-13-15-5-8-17(35-4)9-6-15/h5-12,14H,13H2,1-4H3,(H,25,31)(H2,26,27,28,29,32). The smallest absolute Gasteiger partial charge is 0.413 e. The third kappa shape index (κ3) is 7.38. The van der Waals surface area contributed by atoms with Crippen molar-refractivity contribution in [2.45, 2.75) is 32.9 Å². The monoisotopic (exact) mass is 494 g/mol. The summed E-state index contributed by atoms with van der Waals surface area (Å²) >= 11 is 0. The summed E-state index contributed by atoms with van der Waals surface area (Å²) in [6.45, 7) is 5.41. The molecule has 3 aromatic rings. The first-order valence-electron chi connectivity index (χ1n) is 10.8. The van der Waals surface area contributed by atoms with Gasteiger partial charge in [0.1, 0.15) is 35.0 Å². The first-order valence-corrected chi connectivity index (χ1v) is 10.8. The van der Waals surface area contributed by atoms with Crippen molar-refractivity contribution in [2.24, 2.45) is 0 Å². The molecule has 12 heteroatoms. The summed E-state index contributed by atoms with van der Waals surface area (Å²) in [6.07, 6.45) is 0.477. The van der Waals surface area contributed by atoms with Crippen molar-refractivity contribution in [3.63, 3.8) is 0 Å². The van der Waals surface area contributed by atoms with Crippen molar-refractivity contribution in [2.75, 3.05) is 17.7 Å². The largest absolute Gasteiger partial charge is 0.497 e. The second-order valence-corrected chi connectivity index (χ2v) is 8.56. The van der Waals surface area contributed by atoms with Crippen LogP contribution in [0.1, 0.15) is 36.7 Å². The van der Waals surface area contributed by atoms with Gasteiger partial charge in [-0.15, -0.1) is 0 Å². The van der Waals surface area contributed by atoms with Crippen LogP contribution in [0.3, 0.4) is 0 Å². The number of nitro groups is 1. The van der Waals surface area contributed by atoms with Crippen molar-refractivity contribution < 1.29 is 24.0 Å². The highest BCUT2D eigenvalue weighted by atomic mass is 16.6. The van der Waals surface area contributed by atoms with E-state index < -0.39 is 22.5 Å². The number of methoxy groups -OCH3 is 1. The predicted molar refractivity (Wildman–Crippen MR) is 132 cm³/mol. The number of anilines is 3. The van der Waals surface area contributed by atoms with Crippen LogP contribution in [0.2, 0.25) is 0 Å². The van der Waals surface area contributed by atoms with E-state index in [4.69, 9.17) is 9.47 Å².